The van der Waals surface area contributed by atoms with Gasteiger partial charge >= 0.3 is 5.97 Å². The molecule has 1 unspecified atom stereocenters. The highest BCUT2D eigenvalue weighted by Gasteiger charge is 2.33. The number of rotatable bonds is 6. The second kappa shape index (κ2) is 9.25. The van der Waals surface area contributed by atoms with Crippen molar-refractivity contribution in [1.82, 2.24) is 4.98 Å². The maximum atomic E-state index is 12.8. The lowest BCUT2D eigenvalue weighted by Gasteiger charge is -2.11. The molecule has 0 saturated carbocycles. The Bertz CT molecular complexity index is 1300. The Morgan fingerprint density at radius 3 is 2.88 bits per heavy atom. The molecular formula is C26H28N2O5S. The molecule has 2 heterocycles. The number of aryl methyl sites for hydroxylation is 3. The number of allylic oxidation sites excluding steroid dienone is 1. The number of ether oxygens (including phenoxy) is 2. The van der Waals surface area contributed by atoms with Crippen LogP contribution in [0.25, 0.3) is 16.5 Å². The molecule has 2 aliphatic rings. The summed E-state index contributed by atoms with van der Waals surface area (Å²) in [6.07, 6.45) is 7.33. The van der Waals surface area contributed by atoms with E-state index in [0.29, 0.717) is 23.9 Å². The fraction of sp³-hybridized carbons (Fsp3) is 0.423. The van der Waals surface area contributed by atoms with Crippen LogP contribution < -0.4 is 10.1 Å². The number of esters is 1. The first kappa shape index (κ1) is 22.7. The number of nitrogens with one attached hydrogen (secondary N) is 1. The van der Waals surface area contributed by atoms with Crippen molar-refractivity contribution >= 4 is 44.9 Å². The van der Waals surface area contributed by atoms with Gasteiger partial charge in [0.2, 0.25) is 5.91 Å². The molecule has 1 amide bonds. The van der Waals surface area contributed by atoms with E-state index in [4.69, 9.17) is 13.9 Å². The summed E-state index contributed by atoms with van der Waals surface area (Å²) in [5, 5.41) is 4.46. The summed E-state index contributed by atoms with van der Waals surface area (Å²) in [7, 11) is 1.62. The van der Waals surface area contributed by atoms with Crippen LogP contribution in [0.4, 0.5) is 5.13 Å². The van der Waals surface area contributed by atoms with E-state index in [0.717, 1.165) is 70.5 Å². The fourth-order valence-electron chi connectivity index (χ4n) is 4.94. The van der Waals surface area contributed by atoms with E-state index in [-0.39, 0.29) is 17.8 Å². The zero-order valence-electron chi connectivity index (χ0n) is 19.7. The van der Waals surface area contributed by atoms with Crippen molar-refractivity contribution in [3.63, 3.8) is 0 Å². The van der Waals surface area contributed by atoms with Gasteiger partial charge in [-0.25, -0.2) is 4.98 Å². The van der Waals surface area contributed by atoms with E-state index in [1.165, 1.54) is 16.9 Å². The van der Waals surface area contributed by atoms with Gasteiger partial charge in [0.25, 0.3) is 0 Å². The Morgan fingerprint density at radius 1 is 1.26 bits per heavy atom. The fourth-order valence-corrected chi connectivity index (χ4v) is 5.98. The van der Waals surface area contributed by atoms with E-state index < -0.39 is 0 Å². The summed E-state index contributed by atoms with van der Waals surface area (Å²) in [5.74, 6) is 0.882. The van der Waals surface area contributed by atoms with Gasteiger partial charge < -0.3 is 13.9 Å². The molecule has 0 aliphatic heterocycles. The van der Waals surface area contributed by atoms with Crippen molar-refractivity contribution in [3.8, 4) is 5.75 Å². The molecule has 0 spiro atoms. The number of thiazole rings is 1. The summed E-state index contributed by atoms with van der Waals surface area (Å²) in [4.78, 5) is 30.6. The van der Waals surface area contributed by atoms with Crippen LogP contribution in [-0.2, 0) is 33.6 Å². The van der Waals surface area contributed by atoms with Crippen molar-refractivity contribution in [2.75, 3.05) is 19.0 Å². The maximum Gasteiger partial charge on any atom is 0.315 e. The van der Waals surface area contributed by atoms with E-state index in [1.54, 1.807) is 20.1 Å². The molecule has 0 bridgehead atoms. The lowest BCUT2D eigenvalue weighted by atomic mass is 9.94. The second-order valence-electron chi connectivity index (χ2n) is 8.75. The number of hydrogen-bond donors (Lipinski definition) is 1. The molecule has 0 fully saturated rings. The third-order valence-corrected chi connectivity index (χ3v) is 7.61. The lowest BCUT2D eigenvalue weighted by molar-refractivity contribution is -0.145. The number of carbonyl (C=O) groups is 2. The number of carbonyl (C=O) groups excluding carboxylic acids is 2. The molecule has 2 aromatic heterocycles. The number of methoxy groups -OCH3 is 1. The molecule has 5 rings (SSSR count). The first-order chi connectivity index (χ1) is 16.5. The summed E-state index contributed by atoms with van der Waals surface area (Å²) in [6, 6.07) is 3.99. The van der Waals surface area contributed by atoms with Crippen molar-refractivity contribution < 1.29 is 23.5 Å². The molecule has 178 valence electrons. The molecule has 1 atom stereocenters. The summed E-state index contributed by atoms with van der Waals surface area (Å²) in [5.41, 5.74) is 4.49. The quantitative estimate of drug-likeness (QED) is 0.375. The Balaban J connectivity index is 1.38. The van der Waals surface area contributed by atoms with Gasteiger partial charge in [-0.15, -0.1) is 11.3 Å². The van der Waals surface area contributed by atoms with Gasteiger partial charge in [0.1, 0.15) is 23.0 Å². The van der Waals surface area contributed by atoms with E-state index in [9.17, 15) is 9.59 Å². The normalized spacial score (nSPS) is 17.4. The Hall–Kier alpha value is -3.13. The van der Waals surface area contributed by atoms with Gasteiger partial charge in [-0.3, -0.25) is 14.9 Å². The first-order valence-corrected chi connectivity index (χ1v) is 12.6. The summed E-state index contributed by atoms with van der Waals surface area (Å²) >= 11 is 1.42. The molecule has 3 aromatic rings. The van der Waals surface area contributed by atoms with Crippen LogP contribution in [-0.4, -0.2) is 30.6 Å². The molecule has 0 radical (unpaired) electrons. The molecule has 1 aromatic carbocycles. The Labute approximate surface area is 202 Å². The zero-order valence-corrected chi connectivity index (χ0v) is 20.5. The molecular weight excluding hydrogens is 452 g/mol. The number of fused-ring (bicyclic) bond motifs is 4. The molecule has 2 aliphatic carbocycles. The third-order valence-electron chi connectivity index (χ3n) is 6.57. The van der Waals surface area contributed by atoms with Gasteiger partial charge in [0, 0.05) is 40.0 Å². The Kier molecular flexibility index (Phi) is 6.16. The highest BCUT2D eigenvalue weighted by atomic mass is 32.1. The van der Waals surface area contributed by atoms with Crippen molar-refractivity contribution in [2.24, 2.45) is 0 Å². The van der Waals surface area contributed by atoms with E-state index in [1.807, 2.05) is 13.0 Å². The standard InChI is InChI=1S/C26H28N2O5S/c1-4-32-25(30)16-9-10-22-24(16)28-26(34-22)27-23(29)11-14(2)17-12-18-15-7-5-6-8-19(15)33-21(18)13-20(17)31-3/h11-13,16H,4-10H2,1-3H3,(H,27,28,29)/b14-11+. The van der Waals surface area contributed by atoms with Gasteiger partial charge in [-0.2, -0.15) is 0 Å². The minimum absolute atomic E-state index is 0.246. The number of aromatic nitrogens is 1. The number of amides is 1. The Morgan fingerprint density at radius 2 is 2.09 bits per heavy atom. The highest BCUT2D eigenvalue weighted by molar-refractivity contribution is 7.16. The lowest BCUT2D eigenvalue weighted by Crippen LogP contribution is -2.14. The largest absolute Gasteiger partial charge is 0.496 e. The van der Waals surface area contributed by atoms with Gasteiger partial charge in [-0.05, 0) is 57.6 Å². The minimum atomic E-state index is -0.342. The number of furan rings is 1. The topological polar surface area (TPSA) is 90.7 Å². The van der Waals surface area contributed by atoms with Crippen LogP contribution in [0, 0.1) is 0 Å². The molecule has 0 saturated heterocycles. The zero-order chi connectivity index (χ0) is 23.8. The molecule has 8 heteroatoms. The molecule has 7 nitrogen and oxygen atoms in total. The predicted molar refractivity (Wildman–Crippen MR) is 131 cm³/mol. The number of hydrogen-bond acceptors (Lipinski definition) is 7. The highest BCUT2D eigenvalue weighted by Crippen LogP contribution is 2.40. The van der Waals surface area contributed by atoms with Gasteiger partial charge in [0.05, 0.1) is 19.4 Å². The maximum absolute atomic E-state index is 12.8. The third kappa shape index (κ3) is 4.11. The van der Waals surface area contributed by atoms with Crippen LogP contribution in [0.3, 0.4) is 0 Å². The summed E-state index contributed by atoms with van der Waals surface area (Å²) < 4.78 is 16.9. The van der Waals surface area contributed by atoms with Crippen LogP contribution in [0.5, 0.6) is 5.75 Å². The smallest absolute Gasteiger partial charge is 0.315 e. The van der Waals surface area contributed by atoms with Gasteiger partial charge in [0.15, 0.2) is 5.13 Å². The van der Waals surface area contributed by atoms with Crippen molar-refractivity contribution in [2.45, 2.75) is 58.3 Å². The number of anilines is 1. The number of benzene rings is 1. The van der Waals surface area contributed by atoms with Crippen molar-refractivity contribution in [1.29, 1.82) is 0 Å². The average molecular weight is 481 g/mol. The second-order valence-corrected chi connectivity index (χ2v) is 9.83. The van der Waals surface area contributed by atoms with Crippen LogP contribution in [0.2, 0.25) is 0 Å². The monoisotopic (exact) mass is 480 g/mol. The van der Waals surface area contributed by atoms with E-state index >= 15 is 0 Å². The van der Waals surface area contributed by atoms with Crippen LogP contribution >= 0.6 is 11.3 Å². The van der Waals surface area contributed by atoms with Gasteiger partial charge in [-0.1, -0.05) is 0 Å². The average Bonchev–Trinajstić information content (AvgIpc) is 3.49. The SMILES string of the molecule is CCOC(=O)C1CCc2sc(NC(=O)/C=C(\C)c3cc4c5c(oc4cc3OC)CCCC5)nc21. The van der Waals surface area contributed by atoms with Crippen molar-refractivity contribution in [3.05, 3.63) is 45.7 Å². The molecule has 34 heavy (non-hydrogen) atoms. The van der Waals surface area contributed by atoms with E-state index in [2.05, 4.69) is 16.4 Å². The number of nitrogens with zero attached hydrogens (tertiary/aromatic N) is 1. The van der Waals surface area contributed by atoms with Crippen LogP contribution in [0.15, 0.2) is 22.6 Å². The summed E-state index contributed by atoms with van der Waals surface area (Å²) in [6.45, 7) is 4.04. The molecule has 1 N–H and O–H groups in total. The minimum Gasteiger partial charge on any atom is -0.496 e. The predicted octanol–water partition coefficient (Wildman–Crippen LogP) is 5.41. The van der Waals surface area contributed by atoms with Crippen LogP contribution in [0.1, 0.15) is 66.5 Å². The first-order valence-electron chi connectivity index (χ1n) is 11.8.